The number of benzene rings is 1. The van der Waals surface area contributed by atoms with Gasteiger partial charge in [0, 0.05) is 0 Å². The molecule has 0 aliphatic heterocycles. The molecule has 2 rings (SSSR count). The summed E-state index contributed by atoms with van der Waals surface area (Å²) in [6.45, 7) is 0. The van der Waals surface area contributed by atoms with E-state index >= 15 is 0 Å². The molecule has 7 heteroatoms. The summed E-state index contributed by atoms with van der Waals surface area (Å²) < 4.78 is 30.8. The normalized spacial score (nSPS) is 11.1. The molecular weight excluding hydrogens is 377 g/mol. The van der Waals surface area contributed by atoms with Gasteiger partial charge in [0.15, 0.2) is 0 Å². The Kier molecular flexibility index (Phi) is 2.52. The third-order valence-electron chi connectivity index (χ3n) is 1.47. The molecule has 0 fully saturated rings. The second kappa shape index (κ2) is 3.38. The standard InChI is InChI=1S/C6Br2F2N2Se/c7-1-3(9)4(10)2(8)6-5(1)11-12-13-6. The molecule has 1 heterocycles. The van der Waals surface area contributed by atoms with E-state index in [2.05, 4.69) is 41.1 Å². The molecule has 2 nitrogen and oxygen atoms in total. The van der Waals surface area contributed by atoms with E-state index in [1.807, 2.05) is 0 Å². The quantitative estimate of drug-likeness (QED) is 0.401. The van der Waals surface area contributed by atoms with Crippen molar-refractivity contribution in [2.24, 2.45) is 0 Å². The Bertz CT molecular complexity index is 443. The van der Waals surface area contributed by atoms with Crippen LogP contribution in [0.15, 0.2) is 8.95 Å². The topological polar surface area (TPSA) is 25.8 Å². The van der Waals surface area contributed by atoms with Gasteiger partial charge in [-0.3, -0.25) is 0 Å². The molecule has 0 saturated heterocycles. The maximum absolute atomic E-state index is 13.1. The Morgan fingerprint density at radius 1 is 1.08 bits per heavy atom. The van der Waals surface area contributed by atoms with Gasteiger partial charge >= 0.3 is 94.9 Å². The van der Waals surface area contributed by atoms with Crippen LogP contribution in [-0.4, -0.2) is 23.9 Å². The summed E-state index contributed by atoms with van der Waals surface area (Å²) in [5.41, 5.74) is 0.394. The molecule has 1 aromatic heterocycles. The van der Waals surface area contributed by atoms with Crippen molar-refractivity contribution in [1.29, 1.82) is 0 Å². The fraction of sp³-hybridized carbons (Fsp3) is 0. The fourth-order valence-electron chi connectivity index (χ4n) is 0.875. The average molecular weight is 377 g/mol. The molecule has 0 saturated carbocycles. The van der Waals surface area contributed by atoms with Gasteiger partial charge in [0.05, 0.1) is 0 Å². The number of hydrogen-bond donors (Lipinski definition) is 0. The van der Waals surface area contributed by atoms with Crippen LogP contribution < -0.4 is 0 Å². The molecule has 0 radical (unpaired) electrons. The number of hydrogen-bond acceptors (Lipinski definition) is 2. The van der Waals surface area contributed by atoms with Crippen molar-refractivity contribution in [3.8, 4) is 0 Å². The van der Waals surface area contributed by atoms with E-state index in [0.717, 1.165) is 0 Å². The molecule has 0 bridgehead atoms. The molecule has 0 atom stereocenters. The van der Waals surface area contributed by atoms with Gasteiger partial charge in [0.2, 0.25) is 0 Å². The first-order valence-electron chi connectivity index (χ1n) is 3.07. The zero-order chi connectivity index (χ0) is 9.59. The molecule has 1 aromatic carbocycles. The number of nitrogens with zero attached hydrogens (tertiary/aromatic N) is 2. The van der Waals surface area contributed by atoms with Crippen LogP contribution in [0.3, 0.4) is 0 Å². The third-order valence-corrected chi connectivity index (χ3v) is 5.09. The summed E-state index contributed by atoms with van der Waals surface area (Å²) >= 11 is 5.65. The molecule has 0 aliphatic carbocycles. The molecule has 0 unspecified atom stereocenters. The summed E-state index contributed by atoms with van der Waals surface area (Å²) in [7, 11) is 0. The summed E-state index contributed by atoms with van der Waals surface area (Å²) in [6.07, 6.45) is 0. The van der Waals surface area contributed by atoms with Crippen LogP contribution in [0.4, 0.5) is 8.78 Å². The van der Waals surface area contributed by atoms with Gasteiger partial charge in [0.25, 0.3) is 0 Å². The molecule has 68 valence electrons. The molecule has 2 aromatic rings. The van der Waals surface area contributed by atoms with Crippen molar-refractivity contribution in [2.75, 3.05) is 0 Å². The zero-order valence-electron chi connectivity index (χ0n) is 5.81. The Balaban J connectivity index is 3.02. The number of fused-ring (bicyclic) bond motifs is 1. The molecule has 0 spiro atoms. The summed E-state index contributed by atoms with van der Waals surface area (Å²) in [5.74, 6) is -1.82. The van der Waals surface area contributed by atoms with E-state index in [1.165, 1.54) is 0 Å². The first-order chi connectivity index (χ1) is 6.13. The van der Waals surface area contributed by atoms with E-state index in [4.69, 9.17) is 0 Å². The molecule has 0 N–H and O–H groups in total. The van der Waals surface area contributed by atoms with Gasteiger partial charge in [-0.2, -0.15) is 0 Å². The third kappa shape index (κ3) is 1.38. The fourth-order valence-corrected chi connectivity index (χ4v) is 3.63. The summed E-state index contributed by atoms with van der Waals surface area (Å²) in [5, 5.41) is 3.73. The average Bonchev–Trinajstić information content (AvgIpc) is 2.59. The summed E-state index contributed by atoms with van der Waals surface area (Å²) in [6, 6.07) is 0. The van der Waals surface area contributed by atoms with Crippen molar-refractivity contribution in [2.45, 2.75) is 0 Å². The van der Waals surface area contributed by atoms with E-state index < -0.39 is 11.6 Å². The van der Waals surface area contributed by atoms with Gasteiger partial charge in [-0.1, -0.05) is 0 Å². The Hall–Kier alpha value is 0.159. The maximum atomic E-state index is 13.1. The first-order valence-corrected chi connectivity index (χ1v) is 6.27. The zero-order valence-corrected chi connectivity index (χ0v) is 10.7. The van der Waals surface area contributed by atoms with Gasteiger partial charge in [-0.15, -0.1) is 0 Å². The van der Waals surface area contributed by atoms with Gasteiger partial charge in [0.1, 0.15) is 0 Å². The molecular formula is C6Br2F2N2Se. The Morgan fingerprint density at radius 2 is 1.69 bits per heavy atom. The van der Waals surface area contributed by atoms with Crippen LogP contribution in [0.2, 0.25) is 0 Å². The van der Waals surface area contributed by atoms with E-state index in [-0.39, 0.29) is 23.7 Å². The van der Waals surface area contributed by atoms with Crippen molar-refractivity contribution >= 4 is 56.4 Å². The molecule has 0 amide bonds. The van der Waals surface area contributed by atoms with Crippen LogP contribution in [0, 0.1) is 11.6 Å². The summed E-state index contributed by atoms with van der Waals surface area (Å²) in [4.78, 5) is 0. The second-order valence-corrected chi connectivity index (χ2v) is 5.37. The predicted molar refractivity (Wildman–Crippen MR) is 51.8 cm³/mol. The Labute approximate surface area is 94.6 Å². The van der Waals surface area contributed by atoms with E-state index in [0.29, 0.717) is 9.78 Å². The van der Waals surface area contributed by atoms with Crippen LogP contribution in [0.1, 0.15) is 0 Å². The Morgan fingerprint density at radius 3 is 2.38 bits per heavy atom. The van der Waals surface area contributed by atoms with Crippen molar-refractivity contribution in [1.82, 2.24) is 9.19 Å². The van der Waals surface area contributed by atoms with Gasteiger partial charge < -0.3 is 0 Å². The minimum absolute atomic E-state index is 0.0475. The van der Waals surface area contributed by atoms with E-state index in [1.54, 1.807) is 0 Å². The SMILES string of the molecule is Fc1c(F)c(Br)c2[se]nnc2c1Br. The number of aromatic nitrogens is 2. The second-order valence-electron chi connectivity index (χ2n) is 2.21. The van der Waals surface area contributed by atoms with Crippen LogP contribution in [-0.2, 0) is 0 Å². The molecule has 0 aliphatic rings. The van der Waals surface area contributed by atoms with Crippen LogP contribution >= 0.6 is 31.9 Å². The van der Waals surface area contributed by atoms with Crippen LogP contribution in [0.5, 0.6) is 0 Å². The van der Waals surface area contributed by atoms with Crippen molar-refractivity contribution < 1.29 is 8.78 Å². The molecule has 13 heavy (non-hydrogen) atoms. The van der Waals surface area contributed by atoms with Gasteiger partial charge in [-0.25, -0.2) is 0 Å². The minimum atomic E-state index is -0.928. The first kappa shape index (κ1) is 9.70. The number of halogens is 4. The predicted octanol–water partition coefficient (Wildman–Crippen LogP) is 2.49. The van der Waals surface area contributed by atoms with Crippen molar-refractivity contribution in [3.63, 3.8) is 0 Å². The van der Waals surface area contributed by atoms with Gasteiger partial charge in [-0.05, 0) is 0 Å². The van der Waals surface area contributed by atoms with Crippen LogP contribution in [0.25, 0.3) is 9.78 Å². The number of rotatable bonds is 0. The van der Waals surface area contributed by atoms with Crippen molar-refractivity contribution in [3.05, 3.63) is 20.6 Å². The monoisotopic (exact) mass is 376 g/mol. The van der Waals surface area contributed by atoms with E-state index in [9.17, 15) is 8.78 Å².